The standard InChI is InChI=1S/C6H20O2Si3/c1-9(2)7-10(3)8-11(4,5)6/h9-10H,1-6H3. The minimum Gasteiger partial charge on any atom is -0.442 e. The fourth-order valence-corrected chi connectivity index (χ4v) is 8.68. The van der Waals surface area contributed by atoms with Gasteiger partial charge in [-0.15, -0.1) is 0 Å². The monoisotopic (exact) mass is 208 g/mol. The Balaban J connectivity index is 3.61. The molecule has 0 aliphatic rings. The van der Waals surface area contributed by atoms with E-state index in [1.807, 2.05) is 0 Å². The number of rotatable bonds is 4. The molecule has 0 radical (unpaired) electrons. The van der Waals surface area contributed by atoms with E-state index in [0.29, 0.717) is 0 Å². The van der Waals surface area contributed by atoms with E-state index in [2.05, 4.69) is 39.3 Å². The Labute approximate surface area is 74.6 Å². The fourth-order valence-electron chi connectivity index (χ4n) is 0.909. The Bertz CT molecular complexity index is 111. The van der Waals surface area contributed by atoms with Crippen LogP contribution in [0.2, 0.25) is 39.3 Å². The SMILES string of the molecule is C[SiH](C)O[SiH](C)O[Si](C)(C)C. The van der Waals surface area contributed by atoms with Gasteiger partial charge in [0.05, 0.1) is 0 Å². The topological polar surface area (TPSA) is 18.5 Å². The van der Waals surface area contributed by atoms with Gasteiger partial charge in [-0.05, 0) is 39.3 Å². The van der Waals surface area contributed by atoms with Gasteiger partial charge in [0.15, 0.2) is 17.4 Å². The molecule has 0 amide bonds. The highest BCUT2D eigenvalue weighted by atomic mass is 28.4. The average Bonchev–Trinajstić information content (AvgIpc) is 1.53. The summed E-state index contributed by atoms with van der Waals surface area (Å²) in [7, 11) is -3.45. The van der Waals surface area contributed by atoms with Crippen molar-refractivity contribution in [2.75, 3.05) is 0 Å². The summed E-state index contributed by atoms with van der Waals surface area (Å²) in [5, 5.41) is 0. The third-order valence-corrected chi connectivity index (χ3v) is 8.85. The second-order valence-corrected chi connectivity index (χ2v) is 13.5. The third kappa shape index (κ3) is 8.48. The highest BCUT2D eigenvalue weighted by molar-refractivity contribution is 6.77. The van der Waals surface area contributed by atoms with Crippen molar-refractivity contribution in [2.24, 2.45) is 0 Å². The lowest BCUT2D eigenvalue weighted by molar-refractivity contribution is 0.438. The lowest BCUT2D eigenvalue weighted by atomic mass is 11.8. The predicted octanol–water partition coefficient (Wildman–Crippen LogP) is 1.69. The lowest BCUT2D eigenvalue weighted by Gasteiger charge is -2.24. The Kier molecular flexibility index (Phi) is 4.80. The van der Waals surface area contributed by atoms with E-state index >= 15 is 0 Å². The first-order chi connectivity index (χ1) is 4.81. The molecule has 5 heteroatoms. The summed E-state index contributed by atoms with van der Waals surface area (Å²) in [6.07, 6.45) is 0. The first kappa shape index (κ1) is 11.6. The van der Waals surface area contributed by atoms with E-state index in [0.717, 1.165) is 0 Å². The molecule has 0 aliphatic carbocycles. The first-order valence-corrected chi connectivity index (χ1v) is 12.4. The van der Waals surface area contributed by atoms with Crippen LogP contribution in [-0.4, -0.2) is 26.6 Å². The van der Waals surface area contributed by atoms with E-state index in [-0.39, 0.29) is 0 Å². The summed E-state index contributed by atoms with van der Waals surface area (Å²) in [4.78, 5) is 0. The van der Waals surface area contributed by atoms with Gasteiger partial charge in [-0.1, -0.05) is 0 Å². The van der Waals surface area contributed by atoms with E-state index in [9.17, 15) is 0 Å². The normalized spacial score (nSPS) is 15.5. The van der Waals surface area contributed by atoms with Crippen molar-refractivity contribution in [1.29, 1.82) is 0 Å². The molecule has 0 saturated carbocycles. The van der Waals surface area contributed by atoms with Crippen LogP contribution < -0.4 is 0 Å². The minimum absolute atomic E-state index is 0.859. The minimum atomic E-state index is -1.33. The molecule has 0 aromatic heterocycles. The van der Waals surface area contributed by atoms with Gasteiger partial charge in [0.2, 0.25) is 0 Å². The van der Waals surface area contributed by atoms with E-state index in [4.69, 9.17) is 8.23 Å². The maximum absolute atomic E-state index is 5.84. The van der Waals surface area contributed by atoms with Crippen LogP contribution in [0.1, 0.15) is 0 Å². The maximum atomic E-state index is 5.84. The van der Waals surface area contributed by atoms with Crippen LogP contribution in [0.4, 0.5) is 0 Å². The molecule has 0 aromatic rings. The number of hydrogen-bond donors (Lipinski definition) is 0. The van der Waals surface area contributed by atoms with Crippen molar-refractivity contribution < 1.29 is 8.23 Å². The molecule has 0 saturated heterocycles. The smallest absolute Gasteiger partial charge is 0.297 e. The summed E-state index contributed by atoms with van der Waals surface area (Å²) in [6, 6.07) is 0. The second kappa shape index (κ2) is 4.56. The molecule has 0 heterocycles. The molecule has 0 aliphatic heterocycles. The summed E-state index contributed by atoms with van der Waals surface area (Å²) < 4.78 is 11.6. The Hall–Kier alpha value is 0.571. The maximum Gasteiger partial charge on any atom is 0.297 e. The van der Waals surface area contributed by atoms with Crippen LogP contribution in [0.15, 0.2) is 0 Å². The lowest BCUT2D eigenvalue weighted by Crippen LogP contribution is -2.37. The summed E-state index contributed by atoms with van der Waals surface area (Å²) in [5.41, 5.74) is 0. The quantitative estimate of drug-likeness (QED) is 0.655. The van der Waals surface area contributed by atoms with Crippen LogP contribution in [0, 0.1) is 0 Å². The molecule has 0 aromatic carbocycles. The van der Waals surface area contributed by atoms with Crippen LogP contribution in [0.25, 0.3) is 0 Å². The summed E-state index contributed by atoms with van der Waals surface area (Å²) in [5.74, 6) is 0. The molecule has 2 nitrogen and oxygen atoms in total. The molecule has 0 fully saturated rings. The Morgan fingerprint density at radius 2 is 1.45 bits per heavy atom. The highest BCUT2D eigenvalue weighted by Crippen LogP contribution is 2.06. The molecule has 1 atom stereocenters. The molecule has 0 N–H and O–H groups in total. The van der Waals surface area contributed by atoms with Gasteiger partial charge in [0, 0.05) is 0 Å². The van der Waals surface area contributed by atoms with Crippen molar-refractivity contribution in [3.63, 3.8) is 0 Å². The molecule has 11 heavy (non-hydrogen) atoms. The van der Waals surface area contributed by atoms with Gasteiger partial charge >= 0.3 is 0 Å². The van der Waals surface area contributed by atoms with Crippen molar-refractivity contribution in [3.8, 4) is 0 Å². The van der Waals surface area contributed by atoms with Crippen LogP contribution >= 0.6 is 0 Å². The van der Waals surface area contributed by atoms with Crippen molar-refractivity contribution >= 4 is 26.6 Å². The second-order valence-electron chi connectivity index (χ2n) is 3.98. The van der Waals surface area contributed by atoms with Gasteiger partial charge in [0.1, 0.15) is 0 Å². The van der Waals surface area contributed by atoms with Gasteiger partial charge in [-0.3, -0.25) is 0 Å². The first-order valence-electron chi connectivity index (χ1n) is 4.14. The fraction of sp³-hybridized carbons (Fsp3) is 1.00. The molecule has 0 rings (SSSR count). The van der Waals surface area contributed by atoms with Crippen molar-refractivity contribution in [2.45, 2.75) is 39.3 Å². The average molecular weight is 208 g/mol. The van der Waals surface area contributed by atoms with Crippen molar-refractivity contribution in [1.82, 2.24) is 0 Å². The largest absolute Gasteiger partial charge is 0.442 e. The van der Waals surface area contributed by atoms with Crippen LogP contribution in [0.5, 0.6) is 0 Å². The van der Waals surface area contributed by atoms with E-state index in [1.54, 1.807) is 0 Å². The zero-order chi connectivity index (χ0) is 9.07. The zero-order valence-electron chi connectivity index (χ0n) is 8.47. The highest BCUT2D eigenvalue weighted by Gasteiger charge is 2.20. The van der Waals surface area contributed by atoms with Gasteiger partial charge in [-0.2, -0.15) is 0 Å². The zero-order valence-corrected chi connectivity index (χ0v) is 11.8. The third-order valence-electron chi connectivity index (χ3n) is 0.983. The van der Waals surface area contributed by atoms with E-state index < -0.39 is 26.6 Å². The molecule has 68 valence electrons. The van der Waals surface area contributed by atoms with Gasteiger partial charge < -0.3 is 8.23 Å². The molecular formula is C6H20O2Si3. The summed E-state index contributed by atoms with van der Waals surface area (Å²) in [6.45, 7) is 13.1. The molecule has 1 unspecified atom stereocenters. The molecule has 0 bridgehead atoms. The molecule has 0 spiro atoms. The van der Waals surface area contributed by atoms with Crippen LogP contribution in [-0.2, 0) is 8.23 Å². The van der Waals surface area contributed by atoms with E-state index in [1.165, 1.54) is 0 Å². The Morgan fingerprint density at radius 3 is 1.73 bits per heavy atom. The number of hydrogen-bond acceptors (Lipinski definition) is 2. The summed E-state index contributed by atoms with van der Waals surface area (Å²) >= 11 is 0. The van der Waals surface area contributed by atoms with Crippen LogP contribution in [0.3, 0.4) is 0 Å². The van der Waals surface area contributed by atoms with Crippen molar-refractivity contribution in [3.05, 3.63) is 0 Å². The van der Waals surface area contributed by atoms with Gasteiger partial charge in [0.25, 0.3) is 9.28 Å². The molecular weight excluding hydrogens is 188 g/mol. The van der Waals surface area contributed by atoms with Gasteiger partial charge in [-0.25, -0.2) is 0 Å². The predicted molar refractivity (Wildman–Crippen MR) is 57.4 cm³/mol. The Morgan fingerprint density at radius 1 is 1.00 bits per heavy atom.